The van der Waals surface area contributed by atoms with Gasteiger partial charge in [0.2, 0.25) is 5.91 Å². The number of hydrogen-bond acceptors (Lipinski definition) is 1. The minimum absolute atomic E-state index is 0.163. The number of benzene rings is 3. The Morgan fingerprint density at radius 1 is 1.00 bits per heavy atom. The summed E-state index contributed by atoms with van der Waals surface area (Å²) in [5, 5.41) is 4.95. The molecule has 0 fully saturated rings. The summed E-state index contributed by atoms with van der Waals surface area (Å²) in [6, 6.07) is 17.0. The van der Waals surface area contributed by atoms with E-state index >= 15 is 0 Å². The van der Waals surface area contributed by atoms with Crippen LogP contribution in [0.5, 0.6) is 0 Å². The van der Waals surface area contributed by atoms with E-state index in [4.69, 9.17) is 0 Å². The molecule has 0 saturated heterocycles. The van der Waals surface area contributed by atoms with Gasteiger partial charge in [-0.2, -0.15) is 0 Å². The molecule has 3 rings (SSSR count). The quantitative estimate of drug-likeness (QED) is 0.750. The van der Waals surface area contributed by atoms with Crippen molar-refractivity contribution in [3.8, 4) is 0 Å². The Morgan fingerprint density at radius 2 is 1.75 bits per heavy atom. The highest BCUT2D eigenvalue weighted by Gasteiger charge is 2.13. The Bertz CT molecular complexity index is 886. The highest BCUT2D eigenvalue weighted by Crippen LogP contribution is 2.20. The van der Waals surface area contributed by atoms with Crippen LogP contribution in [0.1, 0.15) is 24.1 Å². The van der Waals surface area contributed by atoms with E-state index in [0.717, 1.165) is 28.5 Å². The second kappa shape index (κ2) is 6.79. The van der Waals surface area contributed by atoms with E-state index in [0.29, 0.717) is 5.56 Å². The average molecular weight is 325 g/mol. The Labute approximate surface area is 139 Å². The number of amides is 1. The molecule has 0 aliphatic carbocycles. The molecule has 0 heterocycles. The molecule has 3 aromatic rings. The number of rotatable bonds is 4. The zero-order valence-corrected chi connectivity index (χ0v) is 13.2. The lowest BCUT2D eigenvalue weighted by Crippen LogP contribution is -2.28. The van der Waals surface area contributed by atoms with Crippen LogP contribution in [0.3, 0.4) is 0 Å². The van der Waals surface area contributed by atoms with E-state index < -0.39 is 17.7 Å². The van der Waals surface area contributed by atoms with Gasteiger partial charge in [-0.3, -0.25) is 4.79 Å². The summed E-state index contributed by atoms with van der Waals surface area (Å²) < 4.78 is 26.3. The fourth-order valence-electron chi connectivity index (χ4n) is 2.78. The minimum atomic E-state index is -0.914. The fourth-order valence-corrected chi connectivity index (χ4v) is 2.78. The van der Waals surface area contributed by atoms with E-state index in [9.17, 15) is 13.6 Å². The van der Waals surface area contributed by atoms with Crippen LogP contribution in [-0.4, -0.2) is 5.91 Å². The number of fused-ring (bicyclic) bond motifs is 1. The lowest BCUT2D eigenvalue weighted by Gasteiger charge is -2.15. The first-order chi connectivity index (χ1) is 11.5. The Morgan fingerprint density at radius 3 is 2.54 bits per heavy atom. The maximum Gasteiger partial charge on any atom is 0.224 e. The van der Waals surface area contributed by atoms with Gasteiger partial charge in [0, 0.05) is 0 Å². The molecule has 24 heavy (non-hydrogen) atoms. The molecule has 3 aromatic carbocycles. The first-order valence-electron chi connectivity index (χ1n) is 7.75. The van der Waals surface area contributed by atoms with Crippen molar-refractivity contribution in [2.24, 2.45) is 0 Å². The Kier molecular flexibility index (Phi) is 4.56. The monoisotopic (exact) mass is 325 g/mol. The summed E-state index contributed by atoms with van der Waals surface area (Å²) in [5.74, 6) is -1.97. The first kappa shape index (κ1) is 16.1. The van der Waals surface area contributed by atoms with E-state index in [-0.39, 0.29) is 12.3 Å². The number of carbonyl (C=O) groups excluding carboxylic acids is 1. The molecular weight excluding hydrogens is 308 g/mol. The molecule has 0 saturated carbocycles. The SMILES string of the molecule is CC(NC(=O)Cc1cccc2ccccc12)c1ccc(F)c(F)c1. The molecule has 0 spiro atoms. The third-order valence-corrected chi connectivity index (χ3v) is 4.05. The molecular formula is C20H17F2NO. The molecule has 0 aliphatic rings. The number of nitrogens with one attached hydrogen (secondary N) is 1. The molecule has 0 bridgehead atoms. The largest absolute Gasteiger partial charge is 0.349 e. The van der Waals surface area contributed by atoms with Crippen molar-refractivity contribution in [1.82, 2.24) is 5.32 Å². The highest BCUT2D eigenvalue weighted by molar-refractivity contribution is 5.90. The van der Waals surface area contributed by atoms with Crippen LogP contribution in [0.25, 0.3) is 10.8 Å². The summed E-state index contributed by atoms with van der Waals surface area (Å²) in [6.07, 6.45) is 0.232. The normalized spacial score (nSPS) is 12.1. The summed E-state index contributed by atoms with van der Waals surface area (Å²) in [7, 11) is 0. The number of hydrogen-bond donors (Lipinski definition) is 1. The van der Waals surface area contributed by atoms with Gasteiger partial charge in [0.1, 0.15) is 0 Å². The van der Waals surface area contributed by atoms with Crippen LogP contribution in [0, 0.1) is 11.6 Å². The molecule has 1 amide bonds. The van der Waals surface area contributed by atoms with Gasteiger partial charge < -0.3 is 5.32 Å². The highest BCUT2D eigenvalue weighted by atomic mass is 19.2. The van der Waals surface area contributed by atoms with Crippen molar-refractivity contribution in [2.75, 3.05) is 0 Å². The molecule has 0 aromatic heterocycles. The molecule has 1 unspecified atom stereocenters. The van der Waals surface area contributed by atoms with Gasteiger partial charge in [-0.25, -0.2) is 8.78 Å². The predicted molar refractivity (Wildman–Crippen MR) is 90.6 cm³/mol. The van der Waals surface area contributed by atoms with Crippen LogP contribution < -0.4 is 5.32 Å². The molecule has 122 valence electrons. The zero-order valence-electron chi connectivity index (χ0n) is 13.2. The molecule has 0 aliphatic heterocycles. The van der Waals surface area contributed by atoms with E-state index in [2.05, 4.69) is 5.32 Å². The minimum Gasteiger partial charge on any atom is -0.349 e. The second-order valence-corrected chi connectivity index (χ2v) is 5.78. The van der Waals surface area contributed by atoms with Crippen LogP contribution in [0.4, 0.5) is 8.78 Å². The van der Waals surface area contributed by atoms with E-state index in [1.165, 1.54) is 6.07 Å². The van der Waals surface area contributed by atoms with Crippen molar-refractivity contribution < 1.29 is 13.6 Å². The Balaban J connectivity index is 1.74. The molecule has 4 heteroatoms. The third kappa shape index (κ3) is 3.43. The van der Waals surface area contributed by atoms with Crippen LogP contribution in [0.2, 0.25) is 0 Å². The summed E-state index contributed by atoms with van der Waals surface area (Å²) in [6.45, 7) is 1.74. The number of halogens is 2. The lowest BCUT2D eigenvalue weighted by molar-refractivity contribution is -0.121. The second-order valence-electron chi connectivity index (χ2n) is 5.78. The van der Waals surface area contributed by atoms with Gasteiger partial charge in [-0.15, -0.1) is 0 Å². The van der Waals surface area contributed by atoms with Crippen molar-refractivity contribution in [2.45, 2.75) is 19.4 Å². The summed E-state index contributed by atoms with van der Waals surface area (Å²) in [4.78, 5) is 12.3. The van der Waals surface area contributed by atoms with Crippen molar-refractivity contribution in [3.05, 3.63) is 83.4 Å². The smallest absolute Gasteiger partial charge is 0.224 e. The topological polar surface area (TPSA) is 29.1 Å². The maximum atomic E-state index is 13.3. The van der Waals surface area contributed by atoms with Crippen molar-refractivity contribution in [3.63, 3.8) is 0 Å². The van der Waals surface area contributed by atoms with Gasteiger partial charge in [-0.1, -0.05) is 48.5 Å². The third-order valence-electron chi connectivity index (χ3n) is 4.05. The maximum absolute atomic E-state index is 13.3. The number of carbonyl (C=O) groups is 1. The Hall–Kier alpha value is -2.75. The predicted octanol–water partition coefficient (Wildman–Crippen LogP) is 4.54. The summed E-state index contributed by atoms with van der Waals surface area (Å²) >= 11 is 0. The molecule has 1 atom stereocenters. The zero-order chi connectivity index (χ0) is 17.1. The van der Waals surface area contributed by atoms with Gasteiger partial charge >= 0.3 is 0 Å². The van der Waals surface area contributed by atoms with E-state index in [1.54, 1.807) is 6.92 Å². The van der Waals surface area contributed by atoms with Gasteiger partial charge in [0.25, 0.3) is 0 Å². The van der Waals surface area contributed by atoms with E-state index in [1.807, 2.05) is 42.5 Å². The van der Waals surface area contributed by atoms with Gasteiger partial charge in [0.05, 0.1) is 12.5 Å². The van der Waals surface area contributed by atoms with Gasteiger partial charge in [0.15, 0.2) is 11.6 Å². The van der Waals surface area contributed by atoms with Gasteiger partial charge in [-0.05, 0) is 41.0 Å². The lowest BCUT2D eigenvalue weighted by atomic mass is 10.0. The van der Waals surface area contributed by atoms with Crippen LogP contribution in [0.15, 0.2) is 60.7 Å². The first-order valence-corrected chi connectivity index (χ1v) is 7.75. The van der Waals surface area contributed by atoms with Crippen molar-refractivity contribution >= 4 is 16.7 Å². The van der Waals surface area contributed by atoms with Crippen LogP contribution in [-0.2, 0) is 11.2 Å². The van der Waals surface area contributed by atoms with Crippen molar-refractivity contribution in [1.29, 1.82) is 0 Å². The van der Waals surface area contributed by atoms with Crippen LogP contribution >= 0.6 is 0 Å². The summed E-state index contributed by atoms with van der Waals surface area (Å²) in [5.41, 5.74) is 1.46. The fraction of sp³-hybridized carbons (Fsp3) is 0.150. The standard InChI is InChI=1S/C20H17F2NO/c1-13(15-9-10-18(21)19(22)11-15)23-20(24)12-16-7-4-6-14-5-2-3-8-17(14)16/h2-11,13H,12H2,1H3,(H,23,24). The molecule has 2 nitrogen and oxygen atoms in total. The molecule has 0 radical (unpaired) electrons. The molecule has 1 N–H and O–H groups in total. The average Bonchev–Trinajstić information content (AvgIpc) is 2.57.